The minimum atomic E-state index is -1.39. The van der Waals surface area contributed by atoms with E-state index >= 15 is 0 Å². The van der Waals surface area contributed by atoms with E-state index in [1.54, 1.807) is 0 Å². The topological polar surface area (TPSA) is 81.6 Å². The van der Waals surface area contributed by atoms with E-state index in [0.717, 1.165) is 0 Å². The number of hydrogen-bond donors (Lipinski definition) is 1. The van der Waals surface area contributed by atoms with Crippen molar-refractivity contribution in [1.29, 1.82) is 0 Å². The van der Waals surface area contributed by atoms with Crippen molar-refractivity contribution in [2.24, 2.45) is 5.10 Å². The summed E-state index contributed by atoms with van der Waals surface area (Å²) in [5.74, 6) is -1.81. The first-order valence-corrected chi connectivity index (χ1v) is 2.56. The van der Waals surface area contributed by atoms with Crippen LogP contribution in [-0.4, -0.2) is 17.6 Å². The lowest BCUT2D eigenvalue weighted by Gasteiger charge is -1.98. The van der Waals surface area contributed by atoms with Crippen LogP contribution in [0.15, 0.2) is 5.10 Å². The minimum Gasteiger partial charge on any atom is -0.543 e. The minimum absolute atomic E-state index is 0.254. The van der Waals surface area contributed by atoms with Crippen molar-refractivity contribution >= 4 is 17.6 Å². The van der Waals surface area contributed by atoms with E-state index in [0.29, 0.717) is 0 Å². The van der Waals surface area contributed by atoms with Crippen molar-refractivity contribution in [3.8, 4) is 0 Å². The SMILES string of the molecule is CC(=O)N/N=C(/C)C(=O)[O-]. The fourth-order valence-electron chi connectivity index (χ4n) is 0.208. The summed E-state index contributed by atoms with van der Waals surface area (Å²) in [5, 5.41) is 13.1. The summed E-state index contributed by atoms with van der Waals surface area (Å²) in [7, 11) is 0. The number of carboxylic acids is 1. The second kappa shape index (κ2) is 3.60. The maximum atomic E-state index is 10.1. The molecule has 1 N–H and O–H groups in total. The number of carboxylic acid groups (broad SMARTS) is 1. The van der Waals surface area contributed by atoms with Crippen LogP contribution in [0.4, 0.5) is 0 Å². The molecule has 0 saturated heterocycles. The Morgan fingerprint density at radius 2 is 1.90 bits per heavy atom. The van der Waals surface area contributed by atoms with Crippen LogP contribution in [0.3, 0.4) is 0 Å². The van der Waals surface area contributed by atoms with Gasteiger partial charge in [0.25, 0.3) is 0 Å². The molecule has 0 bridgehead atoms. The fraction of sp³-hybridized carbons (Fsp3) is 0.400. The van der Waals surface area contributed by atoms with Gasteiger partial charge in [-0.2, -0.15) is 5.10 Å². The van der Waals surface area contributed by atoms with Gasteiger partial charge in [-0.25, -0.2) is 5.43 Å². The average molecular weight is 143 g/mol. The van der Waals surface area contributed by atoms with Crippen molar-refractivity contribution in [3.63, 3.8) is 0 Å². The monoisotopic (exact) mass is 143 g/mol. The molecule has 0 spiro atoms. The second-order valence-electron chi connectivity index (χ2n) is 1.65. The number of hydrogen-bond acceptors (Lipinski definition) is 4. The van der Waals surface area contributed by atoms with Crippen LogP contribution in [0.5, 0.6) is 0 Å². The van der Waals surface area contributed by atoms with Crippen LogP contribution in [0.1, 0.15) is 13.8 Å². The lowest BCUT2D eigenvalue weighted by molar-refractivity contribution is -0.294. The smallest absolute Gasteiger partial charge is 0.236 e. The molecule has 0 fully saturated rings. The van der Waals surface area contributed by atoms with Crippen molar-refractivity contribution in [1.82, 2.24) is 5.43 Å². The first kappa shape index (κ1) is 8.61. The number of amides is 1. The Morgan fingerprint density at radius 3 is 2.20 bits per heavy atom. The van der Waals surface area contributed by atoms with Crippen molar-refractivity contribution < 1.29 is 14.7 Å². The standard InChI is InChI=1S/C5H8N2O3/c1-3(5(9)10)6-7-4(2)8/h1-2H3,(H,7,8)(H,9,10)/p-1/b6-3-. The van der Waals surface area contributed by atoms with Gasteiger partial charge in [-0.3, -0.25) is 4.79 Å². The summed E-state index contributed by atoms with van der Waals surface area (Å²) in [6.07, 6.45) is 0. The number of carbonyl (C=O) groups excluding carboxylic acids is 2. The molecule has 1 amide bonds. The Kier molecular flexibility index (Phi) is 3.10. The molecular formula is C5H7N2O3-. The van der Waals surface area contributed by atoms with Crippen LogP contribution < -0.4 is 10.5 Å². The van der Waals surface area contributed by atoms with Gasteiger partial charge >= 0.3 is 0 Å². The summed E-state index contributed by atoms with van der Waals surface area (Å²) in [6.45, 7) is 2.46. The molecule has 0 aromatic heterocycles. The molecule has 0 aromatic carbocycles. The molecule has 0 radical (unpaired) electrons. The van der Waals surface area contributed by atoms with Gasteiger partial charge in [0.2, 0.25) is 5.91 Å². The first-order chi connectivity index (χ1) is 4.54. The zero-order valence-corrected chi connectivity index (χ0v) is 5.67. The third-order valence-electron chi connectivity index (χ3n) is 0.676. The molecule has 5 heteroatoms. The van der Waals surface area contributed by atoms with Gasteiger partial charge in [0.05, 0.1) is 11.7 Å². The zero-order valence-electron chi connectivity index (χ0n) is 5.67. The summed E-state index contributed by atoms with van der Waals surface area (Å²) in [6, 6.07) is 0. The molecule has 56 valence electrons. The Morgan fingerprint density at radius 1 is 1.40 bits per heavy atom. The van der Waals surface area contributed by atoms with Crippen LogP contribution in [0.2, 0.25) is 0 Å². The Labute approximate surface area is 57.7 Å². The molecule has 0 aliphatic carbocycles. The molecule has 0 unspecified atom stereocenters. The summed E-state index contributed by atoms with van der Waals surface area (Å²) in [5.41, 5.74) is 1.70. The molecular weight excluding hydrogens is 136 g/mol. The van der Waals surface area contributed by atoms with Crippen LogP contribution in [0.25, 0.3) is 0 Å². The van der Waals surface area contributed by atoms with Gasteiger partial charge in [0.1, 0.15) is 0 Å². The zero-order chi connectivity index (χ0) is 8.15. The first-order valence-electron chi connectivity index (χ1n) is 2.56. The molecule has 0 saturated carbocycles. The third-order valence-corrected chi connectivity index (χ3v) is 0.676. The van der Waals surface area contributed by atoms with Crippen LogP contribution in [0, 0.1) is 0 Å². The molecule has 10 heavy (non-hydrogen) atoms. The number of nitrogens with one attached hydrogen (secondary N) is 1. The van der Waals surface area contributed by atoms with Gasteiger partial charge < -0.3 is 9.90 Å². The van der Waals surface area contributed by atoms with Crippen LogP contribution in [-0.2, 0) is 9.59 Å². The van der Waals surface area contributed by atoms with Gasteiger partial charge in [0.15, 0.2) is 0 Å². The fourth-order valence-corrected chi connectivity index (χ4v) is 0.208. The molecule has 0 aromatic rings. The Bertz CT molecular complexity index is 185. The van der Waals surface area contributed by atoms with Crippen molar-refractivity contribution in [2.45, 2.75) is 13.8 Å². The normalized spacial score (nSPS) is 10.8. The highest BCUT2D eigenvalue weighted by molar-refractivity contribution is 6.33. The maximum Gasteiger partial charge on any atom is 0.236 e. The second-order valence-corrected chi connectivity index (χ2v) is 1.65. The Hall–Kier alpha value is -1.39. The Balaban J connectivity index is 3.92. The van der Waals surface area contributed by atoms with E-state index in [-0.39, 0.29) is 5.71 Å². The number of aliphatic carboxylic acids is 1. The highest BCUT2D eigenvalue weighted by atomic mass is 16.4. The average Bonchev–Trinajstić information content (AvgIpc) is 1.82. The highest BCUT2D eigenvalue weighted by Crippen LogP contribution is 1.70. The highest BCUT2D eigenvalue weighted by Gasteiger charge is 1.90. The van der Waals surface area contributed by atoms with E-state index in [9.17, 15) is 14.7 Å². The van der Waals surface area contributed by atoms with Gasteiger partial charge in [-0.1, -0.05) is 0 Å². The van der Waals surface area contributed by atoms with Crippen molar-refractivity contribution in [3.05, 3.63) is 0 Å². The summed E-state index contributed by atoms with van der Waals surface area (Å²) < 4.78 is 0. The van der Waals surface area contributed by atoms with Crippen LogP contribution >= 0.6 is 0 Å². The van der Waals surface area contributed by atoms with E-state index in [4.69, 9.17) is 0 Å². The lowest BCUT2D eigenvalue weighted by Crippen LogP contribution is -2.31. The number of hydrazone groups is 1. The van der Waals surface area contributed by atoms with E-state index in [2.05, 4.69) is 5.10 Å². The maximum absolute atomic E-state index is 10.1. The van der Waals surface area contributed by atoms with E-state index in [1.165, 1.54) is 13.8 Å². The van der Waals surface area contributed by atoms with E-state index < -0.39 is 11.9 Å². The van der Waals surface area contributed by atoms with E-state index in [1.807, 2.05) is 5.43 Å². The van der Waals surface area contributed by atoms with Gasteiger partial charge in [0, 0.05) is 6.92 Å². The number of nitrogens with zero attached hydrogens (tertiary/aromatic N) is 1. The molecule has 0 aliphatic heterocycles. The summed E-state index contributed by atoms with van der Waals surface area (Å²) in [4.78, 5) is 20.1. The molecule has 0 atom stereocenters. The predicted molar refractivity (Wildman–Crippen MR) is 31.9 cm³/mol. The summed E-state index contributed by atoms with van der Waals surface area (Å²) >= 11 is 0. The van der Waals surface area contributed by atoms with Gasteiger partial charge in [-0.15, -0.1) is 0 Å². The molecule has 5 nitrogen and oxygen atoms in total. The predicted octanol–water partition coefficient (Wildman–Crippen LogP) is -1.75. The number of rotatable bonds is 2. The molecule has 0 aliphatic rings. The quantitative estimate of drug-likeness (QED) is 0.367. The van der Waals surface area contributed by atoms with Gasteiger partial charge in [-0.05, 0) is 6.92 Å². The largest absolute Gasteiger partial charge is 0.543 e. The molecule has 0 heterocycles. The van der Waals surface area contributed by atoms with Crippen molar-refractivity contribution in [2.75, 3.05) is 0 Å². The number of carbonyl (C=O) groups is 2. The molecule has 0 rings (SSSR count). The third kappa shape index (κ3) is 3.59. The lowest BCUT2D eigenvalue weighted by atomic mass is 10.4.